The minimum atomic E-state index is -3.54. The Morgan fingerprint density at radius 2 is 1.81 bits per heavy atom. The Labute approximate surface area is 126 Å². The molecule has 5 heteroatoms. The van der Waals surface area contributed by atoms with Crippen LogP contribution in [-0.2, 0) is 10.0 Å². The van der Waals surface area contributed by atoms with E-state index in [4.69, 9.17) is 0 Å². The van der Waals surface area contributed by atoms with Gasteiger partial charge in [0.2, 0.25) is 0 Å². The highest BCUT2D eigenvalue weighted by Gasteiger charge is 2.34. The maximum absolute atomic E-state index is 12.2. The molecule has 4 nitrogen and oxygen atoms in total. The third kappa shape index (κ3) is 3.12. The molecule has 0 saturated heterocycles. The Balaban J connectivity index is 1.74. The summed E-state index contributed by atoms with van der Waals surface area (Å²) in [6, 6.07) is 6.84. The van der Waals surface area contributed by atoms with E-state index in [2.05, 4.69) is 9.93 Å². The fourth-order valence-electron chi connectivity index (χ4n) is 3.54. The van der Waals surface area contributed by atoms with Crippen LogP contribution in [-0.4, -0.2) is 14.1 Å². The maximum Gasteiger partial charge on any atom is 0.276 e. The summed E-state index contributed by atoms with van der Waals surface area (Å²) in [5.41, 5.74) is 2.09. The second-order valence-electron chi connectivity index (χ2n) is 6.20. The first kappa shape index (κ1) is 14.6. The minimum Gasteiger partial charge on any atom is -0.200 e. The van der Waals surface area contributed by atoms with Crippen LogP contribution in [0.4, 0.5) is 0 Å². The molecule has 0 aliphatic heterocycles. The smallest absolute Gasteiger partial charge is 0.200 e. The summed E-state index contributed by atoms with van der Waals surface area (Å²) in [5, 5.41) is 4.26. The number of nitrogens with zero attached hydrogens (tertiary/aromatic N) is 1. The number of nitrogens with one attached hydrogen (secondary N) is 1. The second-order valence-corrected chi connectivity index (χ2v) is 7.86. The molecule has 2 unspecified atom stereocenters. The van der Waals surface area contributed by atoms with Crippen molar-refractivity contribution in [2.75, 3.05) is 0 Å². The minimum absolute atomic E-state index is 0.274. The number of hydrogen-bond acceptors (Lipinski definition) is 3. The Kier molecular flexibility index (Phi) is 4.02. The van der Waals surface area contributed by atoms with Crippen LogP contribution in [0.3, 0.4) is 0 Å². The average molecular weight is 306 g/mol. The largest absolute Gasteiger partial charge is 0.276 e. The highest BCUT2D eigenvalue weighted by Crippen LogP contribution is 2.40. The molecule has 0 spiro atoms. The van der Waals surface area contributed by atoms with Crippen LogP contribution in [0, 0.1) is 18.8 Å². The molecular formula is C16H22N2O2S. The van der Waals surface area contributed by atoms with Crippen molar-refractivity contribution < 1.29 is 8.42 Å². The van der Waals surface area contributed by atoms with Gasteiger partial charge in [0.1, 0.15) is 0 Å². The molecule has 21 heavy (non-hydrogen) atoms. The molecule has 2 aliphatic carbocycles. The topological polar surface area (TPSA) is 58.5 Å². The van der Waals surface area contributed by atoms with E-state index in [1.807, 2.05) is 6.92 Å². The van der Waals surface area contributed by atoms with Gasteiger partial charge in [-0.25, -0.2) is 4.83 Å². The molecule has 2 fully saturated rings. The maximum atomic E-state index is 12.2. The van der Waals surface area contributed by atoms with Crippen molar-refractivity contribution in [3.63, 3.8) is 0 Å². The van der Waals surface area contributed by atoms with Gasteiger partial charge in [0.25, 0.3) is 10.0 Å². The van der Waals surface area contributed by atoms with Crippen LogP contribution in [0.15, 0.2) is 34.3 Å². The van der Waals surface area contributed by atoms with Crippen molar-refractivity contribution in [3.05, 3.63) is 29.8 Å². The molecule has 1 N–H and O–H groups in total. The van der Waals surface area contributed by atoms with Gasteiger partial charge in [-0.3, -0.25) is 0 Å². The molecule has 114 valence electrons. The Morgan fingerprint density at radius 1 is 1.10 bits per heavy atom. The van der Waals surface area contributed by atoms with E-state index in [1.54, 1.807) is 24.3 Å². The summed E-state index contributed by atoms with van der Waals surface area (Å²) >= 11 is 0. The second kappa shape index (κ2) is 5.79. The predicted molar refractivity (Wildman–Crippen MR) is 83.6 cm³/mol. The lowest BCUT2D eigenvalue weighted by Crippen LogP contribution is -2.24. The number of hydrazone groups is 1. The van der Waals surface area contributed by atoms with Crippen LogP contribution in [0.5, 0.6) is 0 Å². The van der Waals surface area contributed by atoms with Gasteiger partial charge < -0.3 is 0 Å². The van der Waals surface area contributed by atoms with Gasteiger partial charge in [0.05, 0.1) is 4.90 Å². The molecule has 1 aromatic rings. The molecule has 2 saturated carbocycles. The fourth-order valence-corrected chi connectivity index (χ4v) is 4.38. The van der Waals surface area contributed by atoms with Crippen molar-refractivity contribution in [2.45, 2.75) is 50.3 Å². The molecule has 3 rings (SSSR count). The van der Waals surface area contributed by atoms with E-state index in [0.717, 1.165) is 36.5 Å². The van der Waals surface area contributed by atoms with Gasteiger partial charge in [-0.15, -0.1) is 0 Å². The van der Waals surface area contributed by atoms with E-state index < -0.39 is 10.0 Å². The average Bonchev–Trinajstić information content (AvgIpc) is 2.89. The molecule has 0 aromatic heterocycles. The quantitative estimate of drug-likeness (QED) is 0.872. The molecule has 0 heterocycles. The summed E-state index contributed by atoms with van der Waals surface area (Å²) in [5.74, 6) is 1.22. The van der Waals surface area contributed by atoms with Gasteiger partial charge >= 0.3 is 0 Å². The molecular weight excluding hydrogens is 284 g/mol. The SMILES string of the molecule is Cc1ccc(S(=O)(=O)N/N=C2\CCC3CCCCC23)cc1. The fraction of sp³-hybridized carbons (Fsp3) is 0.562. The van der Waals surface area contributed by atoms with Crippen molar-refractivity contribution in [3.8, 4) is 0 Å². The molecule has 2 atom stereocenters. The molecule has 0 bridgehead atoms. The number of aryl methyl sites for hydroxylation is 1. The third-order valence-corrected chi connectivity index (χ3v) is 5.97. The van der Waals surface area contributed by atoms with Gasteiger partial charge in [0, 0.05) is 11.6 Å². The highest BCUT2D eigenvalue weighted by molar-refractivity contribution is 7.89. The molecule has 1 aromatic carbocycles. The van der Waals surface area contributed by atoms with Crippen molar-refractivity contribution in [1.82, 2.24) is 4.83 Å². The molecule has 2 aliphatic rings. The van der Waals surface area contributed by atoms with Gasteiger partial charge in [-0.05, 0) is 50.7 Å². The number of sulfonamides is 1. The van der Waals surface area contributed by atoms with Crippen LogP contribution in [0.25, 0.3) is 0 Å². The van der Waals surface area contributed by atoms with Crippen LogP contribution < -0.4 is 4.83 Å². The summed E-state index contributed by atoms with van der Waals surface area (Å²) in [6.45, 7) is 1.94. The number of fused-ring (bicyclic) bond motifs is 1. The lowest BCUT2D eigenvalue weighted by Gasteiger charge is -2.24. The van der Waals surface area contributed by atoms with E-state index in [9.17, 15) is 8.42 Å². The lowest BCUT2D eigenvalue weighted by molar-refractivity contribution is 0.317. The Hall–Kier alpha value is -1.36. The van der Waals surface area contributed by atoms with E-state index >= 15 is 0 Å². The predicted octanol–water partition coefficient (Wildman–Crippen LogP) is 3.23. The summed E-state index contributed by atoms with van der Waals surface area (Å²) in [6.07, 6.45) is 7.08. The Morgan fingerprint density at radius 3 is 2.57 bits per heavy atom. The zero-order chi connectivity index (χ0) is 14.9. The summed E-state index contributed by atoms with van der Waals surface area (Å²) in [4.78, 5) is 2.70. The van der Waals surface area contributed by atoms with Crippen LogP contribution in [0.2, 0.25) is 0 Å². The van der Waals surface area contributed by atoms with Gasteiger partial charge in [0.15, 0.2) is 0 Å². The van der Waals surface area contributed by atoms with Crippen LogP contribution in [0.1, 0.15) is 44.1 Å². The van der Waals surface area contributed by atoms with E-state index in [-0.39, 0.29) is 4.90 Å². The van der Waals surface area contributed by atoms with Gasteiger partial charge in [-0.1, -0.05) is 30.5 Å². The zero-order valence-electron chi connectivity index (χ0n) is 12.4. The van der Waals surface area contributed by atoms with Crippen molar-refractivity contribution in [2.24, 2.45) is 16.9 Å². The first-order chi connectivity index (χ1) is 10.1. The van der Waals surface area contributed by atoms with Crippen molar-refractivity contribution in [1.29, 1.82) is 0 Å². The number of benzene rings is 1. The van der Waals surface area contributed by atoms with Crippen LogP contribution >= 0.6 is 0 Å². The standard InChI is InChI=1S/C16H22N2O2S/c1-12-6-9-14(10-7-12)21(19,20)18-17-16-11-8-13-4-2-3-5-15(13)16/h6-7,9-10,13,15,18H,2-5,8,11H2,1H3/b17-16+. The lowest BCUT2D eigenvalue weighted by atomic mass is 9.81. The van der Waals surface area contributed by atoms with E-state index in [0.29, 0.717) is 5.92 Å². The highest BCUT2D eigenvalue weighted by atomic mass is 32.2. The third-order valence-electron chi connectivity index (χ3n) is 4.75. The van der Waals surface area contributed by atoms with Gasteiger partial charge in [-0.2, -0.15) is 13.5 Å². The van der Waals surface area contributed by atoms with E-state index in [1.165, 1.54) is 19.3 Å². The number of rotatable bonds is 3. The molecule has 0 amide bonds. The normalized spacial score (nSPS) is 27.6. The van der Waals surface area contributed by atoms with Crippen molar-refractivity contribution >= 4 is 15.7 Å². The zero-order valence-corrected chi connectivity index (χ0v) is 13.2. The number of hydrogen-bond donors (Lipinski definition) is 1. The Bertz CT molecular complexity index is 635. The summed E-state index contributed by atoms with van der Waals surface area (Å²) < 4.78 is 24.5. The first-order valence-corrected chi connectivity index (χ1v) is 9.19. The molecule has 0 radical (unpaired) electrons. The summed E-state index contributed by atoms with van der Waals surface area (Å²) in [7, 11) is -3.54. The monoisotopic (exact) mass is 306 g/mol. The first-order valence-electron chi connectivity index (χ1n) is 7.71.